The third kappa shape index (κ3) is 5.51. The van der Waals surface area contributed by atoms with Gasteiger partial charge in [0.15, 0.2) is 0 Å². The average molecular weight is 490 g/mol. The maximum Gasteiger partial charge on any atom is 0.289 e. The maximum atomic E-state index is 12.6. The zero-order valence-electron chi connectivity index (χ0n) is 20.7. The molecule has 0 radical (unpaired) electrons. The Morgan fingerprint density at radius 1 is 0.973 bits per heavy atom. The number of rotatable bonds is 8. The second kappa shape index (κ2) is 10.8. The van der Waals surface area contributed by atoms with Crippen molar-refractivity contribution in [2.45, 2.75) is 6.61 Å². The van der Waals surface area contributed by atoms with Gasteiger partial charge in [-0.2, -0.15) is 10.2 Å². The van der Waals surface area contributed by atoms with Crippen LogP contribution >= 0.6 is 0 Å². The van der Waals surface area contributed by atoms with E-state index in [0.717, 1.165) is 27.8 Å². The predicted molar refractivity (Wildman–Crippen MR) is 148 cm³/mol. The summed E-state index contributed by atoms with van der Waals surface area (Å²) >= 11 is 0. The molecule has 7 nitrogen and oxygen atoms in total. The van der Waals surface area contributed by atoms with Crippen molar-refractivity contribution in [3.8, 4) is 17.0 Å². The third-order valence-corrected chi connectivity index (χ3v) is 6.04. The minimum atomic E-state index is -0.380. The number of aromatic amines is 1. The largest absolute Gasteiger partial charge is 0.488 e. The molecule has 0 aliphatic heterocycles. The molecule has 0 aliphatic rings. The van der Waals surface area contributed by atoms with E-state index < -0.39 is 0 Å². The van der Waals surface area contributed by atoms with E-state index in [0.29, 0.717) is 23.7 Å². The first-order valence-corrected chi connectivity index (χ1v) is 11.9. The van der Waals surface area contributed by atoms with Crippen LogP contribution in [0, 0.1) is 0 Å². The van der Waals surface area contributed by atoms with Crippen molar-refractivity contribution in [3.63, 3.8) is 0 Å². The van der Waals surface area contributed by atoms with E-state index >= 15 is 0 Å². The highest BCUT2D eigenvalue weighted by Gasteiger charge is 2.14. The Hall–Kier alpha value is -4.91. The number of amides is 1. The molecule has 0 bridgehead atoms. The second-order valence-corrected chi connectivity index (χ2v) is 8.78. The highest BCUT2D eigenvalue weighted by Crippen LogP contribution is 2.30. The molecule has 5 aromatic rings. The summed E-state index contributed by atoms with van der Waals surface area (Å²) in [5, 5.41) is 13.5. The van der Waals surface area contributed by atoms with Gasteiger partial charge in [0.1, 0.15) is 18.1 Å². The smallest absolute Gasteiger partial charge is 0.289 e. The highest BCUT2D eigenvalue weighted by atomic mass is 16.5. The molecule has 0 fully saturated rings. The number of anilines is 1. The fourth-order valence-electron chi connectivity index (χ4n) is 4.04. The molecule has 1 aromatic heterocycles. The number of para-hydroxylation sites is 1. The SMILES string of the molecule is CN(C)c1ccc(/C=N/NC(=O)c2cc(-c3ccccc3OCc3cccc4ccccc34)n[nH]2)cc1. The molecule has 0 aliphatic carbocycles. The number of nitrogens with one attached hydrogen (secondary N) is 2. The minimum Gasteiger partial charge on any atom is -0.488 e. The summed E-state index contributed by atoms with van der Waals surface area (Å²) in [5.41, 5.74) is 7.33. The monoisotopic (exact) mass is 489 g/mol. The number of ether oxygens (including phenoxy) is 1. The predicted octanol–water partition coefficient (Wildman–Crippen LogP) is 5.64. The molecule has 0 saturated heterocycles. The topological polar surface area (TPSA) is 82.6 Å². The van der Waals surface area contributed by atoms with Gasteiger partial charge >= 0.3 is 0 Å². The van der Waals surface area contributed by atoms with Crippen LogP contribution in [0.5, 0.6) is 5.75 Å². The van der Waals surface area contributed by atoms with Crippen molar-refractivity contribution in [2.75, 3.05) is 19.0 Å². The van der Waals surface area contributed by atoms with Gasteiger partial charge in [-0.1, -0.05) is 66.7 Å². The van der Waals surface area contributed by atoms with Crippen molar-refractivity contribution in [3.05, 3.63) is 114 Å². The van der Waals surface area contributed by atoms with Crippen LogP contribution in [-0.4, -0.2) is 36.4 Å². The Kier molecular flexibility index (Phi) is 6.94. The molecule has 0 atom stereocenters. The fourth-order valence-corrected chi connectivity index (χ4v) is 4.04. The van der Waals surface area contributed by atoms with Crippen LogP contribution < -0.4 is 15.1 Å². The first kappa shape index (κ1) is 23.8. The number of carbonyl (C=O) groups is 1. The summed E-state index contributed by atoms with van der Waals surface area (Å²) in [4.78, 5) is 14.6. The Bertz CT molecular complexity index is 1550. The van der Waals surface area contributed by atoms with Gasteiger partial charge in [0.2, 0.25) is 0 Å². The van der Waals surface area contributed by atoms with E-state index in [-0.39, 0.29) is 5.91 Å². The summed E-state index contributed by atoms with van der Waals surface area (Å²) < 4.78 is 6.21. The number of hydrogen-bond acceptors (Lipinski definition) is 5. The van der Waals surface area contributed by atoms with Crippen LogP contribution in [0.2, 0.25) is 0 Å². The number of carbonyl (C=O) groups excluding carboxylic acids is 1. The molecule has 7 heteroatoms. The van der Waals surface area contributed by atoms with Crippen LogP contribution in [-0.2, 0) is 6.61 Å². The summed E-state index contributed by atoms with van der Waals surface area (Å²) in [6.45, 7) is 0.417. The van der Waals surface area contributed by atoms with Gasteiger partial charge in [-0.25, -0.2) is 5.43 Å². The standard InChI is InChI=1S/C30H27N5O2/c1-35(2)24-16-14-21(15-17-24)19-31-34-30(36)28-18-27(32-33-28)26-12-5-6-13-29(26)37-20-23-10-7-9-22-8-3-4-11-25(22)23/h3-19H,20H2,1-2H3,(H,32,33)(H,34,36)/b31-19+. The molecule has 0 unspecified atom stereocenters. The van der Waals surface area contributed by atoms with Crippen molar-refractivity contribution in [1.82, 2.24) is 15.6 Å². The number of nitrogens with zero attached hydrogens (tertiary/aromatic N) is 3. The first-order valence-electron chi connectivity index (χ1n) is 11.9. The van der Waals surface area contributed by atoms with Crippen LogP contribution in [0.4, 0.5) is 5.69 Å². The first-order chi connectivity index (χ1) is 18.1. The van der Waals surface area contributed by atoms with Gasteiger partial charge < -0.3 is 9.64 Å². The minimum absolute atomic E-state index is 0.305. The Balaban J connectivity index is 1.27. The molecule has 1 amide bonds. The summed E-state index contributed by atoms with van der Waals surface area (Å²) in [6.07, 6.45) is 1.60. The number of benzene rings is 4. The van der Waals surface area contributed by atoms with Crippen LogP contribution in [0.3, 0.4) is 0 Å². The van der Waals surface area contributed by atoms with Gasteiger partial charge in [0, 0.05) is 25.3 Å². The molecule has 0 spiro atoms. The van der Waals surface area contributed by atoms with Crippen LogP contribution in [0.25, 0.3) is 22.0 Å². The molecule has 1 heterocycles. The van der Waals surface area contributed by atoms with E-state index in [1.54, 1.807) is 12.3 Å². The Morgan fingerprint density at radius 2 is 1.73 bits per heavy atom. The lowest BCUT2D eigenvalue weighted by Gasteiger charge is -2.12. The Labute approximate surface area is 215 Å². The molecular weight excluding hydrogens is 462 g/mol. The average Bonchev–Trinajstić information content (AvgIpc) is 3.43. The lowest BCUT2D eigenvalue weighted by Crippen LogP contribution is -2.18. The maximum absolute atomic E-state index is 12.6. The van der Waals surface area contributed by atoms with Crippen molar-refractivity contribution in [2.24, 2.45) is 5.10 Å². The molecule has 0 saturated carbocycles. The van der Waals surface area contributed by atoms with Crippen molar-refractivity contribution in [1.29, 1.82) is 0 Å². The van der Waals surface area contributed by atoms with Gasteiger partial charge in [0.05, 0.1) is 11.9 Å². The quantitative estimate of drug-likeness (QED) is 0.218. The molecule has 37 heavy (non-hydrogen) atoms. The summed E-state index contributed by atoms with van der Waals surface area (Å²) in [7, 11) is 3.97. The number of hydrogen-bond donors (Lipinski definition) is 2. The van der Waals surface area contributed by atoms with Gasteiger partial charge in [0.25, 0.3) is 5.91 Å². The van der Waals surface area contributed by atoms with E-state index in [1.165, 1.54) is 5.39 Å². The normalized spacial score (nSPS) is 11.1. The lowest BCUT2D eigenvalue weighted by molar-refractivity contribution is 0.0950. The van der Waals surface area contributed by atoms with Gasteiger partial charge in [-0.3, -0.25) is 9.89 Å². The van der Waals surface area contributed by atoms with E-state index in [1.807, 2.05) is 85.7 Å². The number of hydrazone groups is 1. The fraction of sp³-hybridized carbons (Fsp3) is 0.100. The van der Waals surface area contributed by atoms with Crippen molar-refractivity contribution >= 4 is 28.6 Å². The van der Waals surface area contributed by atoms with Gasteiger partial charge in [-0.05, 0) is 52.2 Å². The summed E-state index contributed by atoms with van der Waals surface area (Å²) in [5.74, 6) is 0.308. The zero-order chi connectivity index (χ0) is 25.6. The molecule has 5 rings (SSSR count). The molecule has 184 valence electrons. The van der Waals surface area contributed by atoms with Crippen LogP contribution in [0.15, 0.2) is 102 Å². The number of H-pyrrole nitrogens is 1. The van der Waals surface area contributed by atoms with E-state index in [2.05, 4.69) is 45.0 Å². The number of aromatic nitrogens is 2. The van der Waals surface area contributed by atoms with E-state index in [4.69, 9.17) is 4.74 Å². The van der Waals surface area contributed by atoms with E-state index in [9.17, 15) is 4.79 Å². The zero-order valence-corrected chi connectivity index (χ0v) is 20.7. The van der Waals surface area contributed by atoms with Gasteiger partial charge in [-0.15, -0.1) is 0 Å². The molecular formula is C30H27N5O2. The lowest BCUT2D eigenvalue weighted by atomic mass is 10.1. The highest BCUT2D eigenvalue weighted by molar-refractivity contribution is 5.94. The Morgan fingerprint density at radius 3 is 2.57 bits per heavy atom. The second-order valence-electron chi connectivity index (χ2n) is 8.78. The van der Waals surface area contributed by atoms with Crippen molar-refractivity contribution < 1.29 is 9.53 Å². The van der Waals surface area contributed by atoms with Crippen LogP contribution in [0.1, 0.15) is 21.6 Å². The number of fused-ring (bicyclic) bond motifs is 1. The third-order valence-electron chi connectivity index (χ3n) is 6.04. The summed E-state index contributed by atoms with van der Waals surface area (Å²) in [6, 6.07) is 31.7. The molecule has 4 aromatic carbocycles. The molecule has 2 N–H and O–H groups in total.